The van der Waals surface area contributed by atoms with E-state index < -0.39 is 18.4 Å². The van der Waals surface area contributed by atoms with Gasteiger partial charge in [0.1, 0.15) is 31.1 Å². The number of benzene rings is 2. The van der Waals surface area contributed by atoms with Crippen LogP contribution in [0, 0.1) is 0 Å². The van der Waals surface area contributed by atoms with Gasteiger partial charge in [0, 0.05) is 21.3 Å². The molecule has 0 saturated heterocycles. The molecule has 144 valence electrons. The summed E-state index contributed by atoms with van der Waals surface area (Å²) in [6, 6.07) is 13.4. The van der Waals surface area contributed by atoms with Crippen LogP contribution in [-0.4, -0.2) is 46.9 Å². The van der Waals surface area contributed by atoms with E-state index in [1.54, 1.807) is 48.5 Å². The minimum Gasteiger partial charge on any atom is -0.508 e. The van der Waals surface area contributed by atoms with Gasteiger partial charge >= 0.3 is 11.9 Å². The van der Waals surface area contributed by atoms with E-state index in [4.69, 9.17) is 9.47 Å². The maximum absolute atomic E-state index is 11.6. The average Bonchev–Trinajstić information content (AvgIpc) is 2.65. The molecule has 8 heteroatoms. The van der Waals surface area contributed by atoms with Crippen molar-refractivity contribution < 1.29 is 29.3 Å². The highest BCUT2D eigenvalue weighted by Gasteiger charge is 2.12. The van der Waals surface area contributed by atoms with Gasteiger partial charge in [0.15, 0.2) is 0 Å². The second-order valence-electron chi connectivity index (χ2n) is 5.30. The molecule has 0 aliphatic rings. The lowest BCUT2D eigenvalue weighted by Crippen LogP contribution is -2.16. The highest BCUT2D eigenvalue weighted by atomic mass is 32.2. The van der Waals surface area contributed by atoms with E-state index in [1.807, 2.05) is 0 Å². The number of rotatable bonds is 10. The molecule has 0 radical (unpaired) electrons. The fourth-order valence-corrected chi connectivity index (χ4v) is 3.40. The fourth-order valence-electron chi connectivity index (χ4n) is 1.93. The molecule has 0 aromatic heterocycles. The Morgan fingerprint density at radius 2 is 1.07 bits per heavy atom. The van der Waals surface area contributed by atoms with Crippen molar-refractivity contribution in [3.8, 4) is 11.5 Å². The van der Waals surface area contributed by atoms with Crippen molar-refractivity contribution in [3.05, 3.63) is 48.5 Å². The largest absolute Gasteiger partial charge is 0.508 e. The molecule has 27 heavy (non-hydrogen) atoms. The number of phenolic OH excluding ortho intramolecular Hbond substituents is 2. The van der Waals surface area contributed by atoms with E-state index >= 15 is 0 Å². The first-order chi connectivity index (χ1) is 13.0. The maximum atomic E-state index is 11.6. The minimum atomic E-state index is -0.613. The molecule has 0 aliphatic heterocycles. The number of thioether (sulfide) groups is 2. The molecular weight excluding hydrogens is 388 g/mol. The standard InChI is InChI=1S/C19H20O6S2/c20-14-1-5-16(6-2-14)26-11-9-24-18(22)13-19(23)25-10-12-27-17-7-3-15(21)4-8-17/h1-8,20-21H,9-13H2. The molecule has 0 unspecified atom stereocenters. The second kappa shape index (κ2) is 11.4. The van der Waals surface area contributed by atoms with Crippen molar-refractivity contribution >= 4 is 35.5 Å². The number of hydrogen-bond acceptors (Lipinski definition) is 8. The number of hydrogen-bond donors (Lipinski definition) is 2. The first kappa shape index (κ1) is 21.0. The van der Waals surface area contributed by atoms with Gasteiger partial charge in [0.2, 0.25) is 0 Å². The molecule has 2 aromatic carbocycles. The molecule has 0 saturated carbocycles. The molecular formula is C19H20O6S2. The van der Waals surface area contributed by atoms with Crippen LogP contribution in [-0.2, 0) is 19.1 Å². The van der Waals surface area contributed by atoms with E-state index in [1.165, 1.54) is 23.5 Å². The zero-order valence-electron chi connectivity index (χ0n) is 14.5. The van der Waals surface area contributed by atoms with Crippen molar-refractivity contribution in [3.63, 3.8) is 0 Å². The summed E-state index contributed by atoms with van der Waals surface area (Å²) >= 11 is 2.97. The summed E-state index contributed by atoms with van der Waals surface area (Å²) in [5.74, 6) is 0.274. The Hall–Kier alpha value is -2.32. The van der Waals surface area contributed by atoms with Crippen LogP contribution in [0.25, 0.3) is 0 Å². The number of phenols is 2. The molecule has 0 atom stereocenters. The summed E-state index contributed by atoms with van der Waals surface area (Å²) in [5, 5.41) is 18.4. The van der Waals surface area contributed by atoms with Crippen LogP contribution in [0.1, 0.15) is 6.42 Å². The van der Waals surface area contributed by atoms with Crippen LogP contribution in [0.4, 0.5) is 0 Å². The molecule has 0 heterocycles. The first-order valence-electron chi connectivity index (χ1n) is 8.18. The van der Waals surface area contributed by atoms with Gasteiger partial charge in [-0.3, -0.25) is 9.59 Å². The van der Waals surface area contributed by atoms with Crippen molar-refractivity contribution in [1.82, 2.24) is 0 Å². The van der Waals surface area contributed by atoms with E-state index in [9.17, 15) is 19.8 Å². The quantitative estimate of drug-likeness (QED) is 0.267. The summed E-state index contributed by atoms with van der Waals surface area (Å²) in [6.07, 6.45) is -0.409. The van der Waals surface area contributed by atoms with Crippen LogP contribution in [0.3, 0.4) is 0 Å². The van der Waals surface area contributed by atoms with Crippen molar-refractivity contribution in [1.29, 1.82) is 0 Å². The minimum absolute atomic E-state index is 0.189. The third kappa shape index (κ3) is 8.74. The van der Waals surface area contributed by atoms with Crippen LogP contribution >= 0.6 is 23.5 Å². The molecule has 2 rings (SSSR count). The molecule has 0 fully saturated rings. The monoisotopic (exact) mass is 408 g/mol. The van der Waals surface area contributed by atoms with Gasteiger partial charge < -0.3 is 19.7 Å². The average molecular weight is 408 g/mol. The number of carbonyl (C=O) groups is 2. The van der Waals surface area contributed by atoms with Gasteiger partial charge in [-0.05, 0) is 48.5 Å². The lowest BCUT2D eigenvalue weighted by atomic mass is 10.3. The van der Waals surface area contributed by atoms with Crippen molar-refractivity contribution in [2.24, 2.45) is 0 Å². The second-order valence-corrected chi connectivity index (χ2v) is 7.64. The fraction of sp³-hybridized carbons (Fsp3) is 0.263. The first-order valence-corrected chi connectivity index (χ1v) is 10.1. The van der Waals surface area contributed by atoms with Gasteiger partial charge in [-0.1, -0.05) is 0 Å². The van der Waals surface area contributed by atoms with Crippen molar-refractivity contribution in [2.75, 3.05) is 24.7 Å². The Morgan fingerprint density at radius 3 is 1.44 bits per heavy atom. The Labute approximate surface area is 165 Å². The number of carbonyl (C=O) groups excluding carboxylic acids is 2. The van der Waals surface area contributed by atoms with Gasteiger partial charge in [0.05, 0.1) is 0 Å². The zero-order chi connectivity index (χ0) is 19.5. The highest BCUT2D eigenvalue weighted by Crippen LogP contribution is 2.21. The third-order valence-corrected chi connectivity index (χ3v) is 5.14. The number of aromatic hydroxyl groups is 2. The van der Waals surface area contributed by atoms with Gasteiger partial charge in [-0.25, -0.2) is 0 Å². The van der Waals surface area contributed by atoms with E-state index in [0.717, 1.165) is 9.79 Å². The lowest BCUT2D eigenvalue weighted by molar-refractivity contribution is -0.153. The predicted octanol–water partition coefficient (Wildman–Crippen LogP) is 3.46. The Morgan fingerprint density at radius 1 is 0.704 bits per heavy atom. The van der Waals surface area contributed by atoms with Crippen LogP contribution < -0.4 is 0 Å². The SMILES string of the molecule is O=C(CC(=O)OCCSc1ccc(O)cc1)OCCSc1ccc(O)cc1. The van der Waals surface area contributed by atoms with Crippen LogP contribution in [0.2, 0.25) is 0 Å². The van der Waals surface area contributed by atoms with Gasteiger partial charge in [-0.2, -0.15) is 0 Å². The molecule has 0 bridgehead atoms. The Kier molecular flexibility index (Phi) is 8.86. The molecule has 0 amide bonds. The van der Waals surface area contributed by atoms with E-state index in [2.05, 4.69) is 0 Å². The highest BCUT2D eigenvalue weighted by molar-refractivity contribution is 7.99. The van der Waals surface area contributed by atoms with Gasteiger partial charge in [-0.15, -0.1) is 23.5 Å². The van der Waals surface area contributed by atoms with E-state index in [-0.39, 0.29) is 24.7 Å². The Balaban J connectivity index is 1.52. The smallest absolute Gasteiger partial charge is 0.317 e. The number of ether oxygens (including phenoxy) is 2. The summed E-state index contributed by atoms with van der Waals surface area (Å²) in [5.41, 5.74) is 0. The predicted molar refractivity (Wildman–Crippen MR) is 104 cm³/mol. The normalized spacial score (nSPS) is 10.4. The molecule has 0 aliphatic carbocycles. The van der Waals surface area contributed by atoms with Crippen molar-refractivity contribution in [2.45, 2.75) is 16.2 Å². The topological polar surface area (TPSA) is 93.1 Å². The molecule has 0 spiro atoms. The van der Waals surface area contributed by atoms with Crippen LogP contribution in [0.5, 0.6) is 11.5 Å². The summed E-state index contributed by atoms with van der Waals surface area (Å²) in [6.45, 7) is 0.378. The molecule has 2 aromatic rings. The Bertz CT molecular complexity index is 667. The molecule has 2 N–H and O–H groups in total. The van der Waals surface area contributed by atoms with Crippen LogP contribution in [0.15, 0.2) is 58.3 Å². The third-order valence-electron chi connectivity index (χ3n) is 3.19. The lowest BCUT2D eigenvalue weighted by Gasteiger charge is -2.06. The van der Waals surface area contributed by atoms with Gasteiger partial charge in [0.25, 0.3) is 0 Å². The zero-order valence-corrected chi connectivity index (χ0v) is 16.1. The summed E-state index contributed by atoms with van der Waals surface area (Å²) in [7, 11) is 0. The number of esters is 2. The summed E-state index contributed by atoms with van der Waals surface area (Å²) in [4.78, 5) is 25.1. The van der Waals surface area contributed by atoms with E-state index in [0.29, 0.717) is 11.5 Å². The maximum Gasteiger partial charge on any atom is 0.317 e. The summed E-state index contributed by atoms with van der Waals surface area (Å²) < 4.78 is 10.0. The molecule has 6 nitrogen and oxygen atoms in total.